The molecule has 1 aliphatic heterocycles. The minimum atomic E-state index is -0.424. The molecule has 0 aromatic heterocycles. The topological polar surface area (TPSA) is 41.6 Å². The molecular weight excluding hydrogens is 204 g/mol. The van der Waals surface area contributed by atoms with E-state index in [1.807, 2.05) is 27.7 Å². The molecule has 0 atom stereocenters. The summed E-state index contributed by atoms with van der Waals surface area (Å²) in [6.45, 7) is 10.7. The smallest absolute Gasteiger partial charge is 0.410 e. The zero-order valence-corrected chi connectivity index (χ0v) is 10.7. The molecule has 4 nitrogen and oxygen atoms in total. The first-order valence-electron chi connectivity index (χ1n) is 5.75. The highest BCUT2D eigenvalue weighted by Gasteiger charge is 2.23. The van der Waals surface area contributed by atoms with Gasteiger partial charge in [-0.05, 0) is 33.3 Å². The Kier molecular flexibility index (Phi) is 4.35. The van der Waals surface area contributed by atoms with E-state index < -0.39 is 5.60 Å². The van der Waals surface area contributed by atoms with Crippen molar-refractivity contribution in [2.24, 2.45) is 0 Å². The lowest BCUT2D eigenvalue weighted by molar-refractivity contribution is 0.0276. The first-order valence-corrected chi connectivity index (χ1v) is 5.75. The van der Waals surface area contributed by atoms with Gasteiger partial charge < -0.3 is 15.0 Å². The summed E-state index contributed by atoms with van der Waals surface area (Å²) in [7, 11) is 0. The lowest BCUT2D eigenvalue weighted by Crippen LogP contribution is -2.39. The van der Waals surface area contributed by atoms with Gasteiger partial charge in [-0.3, -0.25) is 0 Å². The van der Waals surface area contributed by atoms with Crippen LogP contribution in [0.5, 0.6) is 0 Å². The summed E-state index contributed by atoms with van der Waals surface area (Å²) < 4.78 is 5.36. The highest BCUT2D eigenvalue weighted by atomic mass is 16.6. The molecular formula is C12H22N2O2. The molecule has 0 aliphatic carbocycles. The first kappa shape index (κ1) is 13.0. The molecule has 1 rings (SSSR count). The monoisotopic (exact) mass is 226 g/mol. The van der Waals surface area contributed by atoms with Gasteiger partial charge >= 0.3 is 6.09 Å². The number of rotatable bonds is 0. The number of hydrogen-bond donors (Lipinski definition) is 1. The second-order valence-electron chi connectivity index (χ2n) is 5.03. The molecule has 16 heavy (non-hydrogen) atoms. The fourth-order valence-corrected chi connectivity index (χ4v) is 1.52. The van der Waals surface area contributed by atoms with Crippen LogP contribution in [0.15, 0.2) is 11.6 Å². The van der Waals surface area contributed by atoms with E-state index in [0.717, 1.165) is 13.1 Å². The van der Waals surface area contributed by atoms with Gasteiger partial charge in [-0.15, -0.1) is 0 Å². The zero-order chi connectivity index (χ0) is 12.2. The van der Waals surface area contributed by atoms with E-state index in [4.69, 9.17) is 4.74 Å². The van der Waals surface area contributed by atoms with E-state index in [2.05, 4.69) is 11.4 Å². The van der Waals surface area contributed by atoms with Gasteiger partial charge in [-0.1, -0.05) is 6.08 Å². The molecule has 0 aromatic rings. The fraction of sp³-hybridized carbons (Fsp3) is 0.750. The van der Waals surface area contributed by atoms with E-state index in [1.165, 1.54) is 5.57 Å². The molecule has 0 spiro atoms. The van der Waals surface area contributed by atoms with Crippen molar-refractivity contribution in [3.63, 3.8) is 0 Å². The Bertz CT molecular complexity index is 279. The molecule has 1 aliphatic rings. The van der Waals surface area contributed by atoms with Crippen LogP contribution in [0.25, 0.3) is 0 Å². The Balaban J connectivity index is 2.60. The molecule has 0 aromatic carbocycles. The molecule has 0 bridgehead atoms. The van der Waals surface area contributed by atoms with E-state index in [-0.39, 0.29) is 6.09 Å². The van der Waals surface area contributed by atoms with E-state index in [1.54, 1.807) is 4.90 Å². The Morgan fingerprint density at radius 1 is 1.50 bits per heavy atom. The molecule has 1 heterocycles. The van der Waals surface area contributed by atoms with Crippen LogP contribution in [0.3, 0.4) is 0 Å². The summed E-state index contributed by atoms with van der Waals surface area (Å²) in [5, 5.41) is 3.28. The highest BCUT2D eigenvalue weighted by Crippen LogP contribution is 2.11. The van der Waals surface area contributed by atoms with Crippen LogP contribution < -0.4 is 5.32 Å². The molecule has 1 fully saturated rings. The summed E-state index contributed by atoms with van der Waals surface area (Å²) >= 11 is 0. The van der Waals surface area contributed by atoms with Crippen molar-refractivity contribution in [3.8, 4) is 0 Å². The number of nitrogens with one attached hydrogen (secondary N) is 1. The van der Waals surface area contributed by atoms with Crippen molar-refractivity contribution >= 4 is 6.09 Å². The van der Waals surface area contributed by atoms with Crippen LogP contribution in [0.2, 0.25) is 0 Å². The summed E-state index contributed by atoms with van der Waals surface area (Å²) in [4.78, 5) is 13.6. The second-order valence-corrected chi connectivity index (χ2v) is 5.03. The number of allylic oxidation sites excluding steroid dienone is 1. The Hall–Kier alpha value is -1.03. The third-order valence-corrected chi connectivity index (χ3v) is 2.36. The lowest BCUT2D eigenvalue weighted by atomic mass is 10.2. The summed E-state index contributed by atoms with van der Waals surface area (Å²) in [6.07, 6.45) is 1.82. The molecule has 92 valence electrons. The Morgan fingerprint density at radius 3 is 2.75 bits per heavy atom. The van der Waals surface area contributed by atoms with Crippen molar-refractivity contribution in [2.45, 2.75) is 33.3 Å². The van der Waals surface area contributed by atoms with Crippen molar-refractivity contribution in [3.05, 3.63) is 11.6 Å². The standard InChI is InChI=1S/C12H22N2O2/c1-5-10-8-13-6-7-14(9-10)11(15)16-12(2,3)4/h5,13H,6-9H2,1-4H3/b10-5+. The third kappa shape index (κ3) is 4.23. The van der Waals surface area contributed by atoms with Gasteiger partial charge in [-0.25, -0.2) is 4.79 Å². The largest absolute Gasteiger partial charge is 0.444 e. The minimum absolute atomic E-state index is 0.226. The van der Waals surface area contributed by atoms with Gasteiger partial charge in [0.25, 0.3) is 0 Å². The predicted molar refractivity (Wildman–Crippen MR) is 64.4 cm³/mol. The van der Waals surface area contributed by atoms with Gasteiger partial charge in [0, 0.05) is 26.2 Å². The van der Waals surface area contributed by atoms with Gasteiger partial charge in [0.05, 0.1) is 0 Å². The zero-order valence-electron chi connectivity index (χ0n) is 10.7. The molecule has 0 saturated carbocycles. The quantitative estimate of drug-likeness (QED) is 0.640. The maximum absolute atomic E-state index is 11.9. The summed E-state index contributed by atoms with van der Waals surface area (Å²) in [6, 6.07) is 0. The lowest BCUT2D eigenvalue weighted by Gasteiger charge is -2.26. The average molecular weight is 226 g/mol. The average Bonchev–Trinajstić information content (AvgIpc) is 2.39. The molecule has 0 radical (unpaired) electrons. The minimum Gasteiger partial charge on any atom is -0.444 e. The molecule has 1 amide bonds. The summed E-state index contributed by atoms with van der Waals surface area (Å²) in [5.41, 5.74) is 0.802. The normalized spacial score (nSPS) is 20.8. The van der Waals surface area contributed by atoms with Gasteiger partial charge in [-0.2, -0.15) is 0 Å². The maximum Gasteiger partial charge on any atom is 0.410 e. The molecule has 4 heteroatoms. The van der Waals surface area contributed by atoms with Crippen LogP contribution in [0.1, 0.15) is 27.7 Å². The first-order chi connectivity index (χ1) is 7.42. The van der Waals surface area contributed by atoms with Gasteiger partial charge in [0.15, 0.2) is 0 Å². The number of carbonyl (C=O) groups is 1. The van der Waals surface area contributed by atoms with E-state index in [0.29, 0.717) is 13.1 Å². The van der Waals surface area contributed by atoms with Gasteiger partial charge in [0.2, 0.25) is 0 Å². The summed E-state index contributed by atoms with van der Waals surface area (Å²) in [5.74, 6) is 0. The van der Waals surface area contributed by atoms with E-state index >= 15 is 0 Å². The van der Waals surface area contributed by atoms with Crippen LogP contribution in [0, 0.1) is 0 Å². The number of nitrogens with zero attached hydrogens (tertiary/aromatic N) is 1. The van der Waals surface area contributed by atoms with Crippen molar-refractivity contribution in [1.29, 1.82) is 0 Å². The molecule has 1 N–H and O–H groups in total. The number of carbonyl (C=O) groups excluding carboxylic acids is 1. The number of ether oxygens (including phenoxy) is 1. The molecule has 0 unspecified atom stereocenters. The van der Waals surface area contributed by atoms with Crippen LogP contribution in [-0.2, 0) is 4.74 Å². The highest BCUT2D eigenvalue weighted by molar-refractivity contribution is 5.68. The third-order valence-electron chi connectivity index (χ3n) is 2.36. The number of amides is 1. The van der Waals surface area contributed by atoms with E-state index in [9.17, 15) is 4.79 Å². The second kappa shape index (κ2) is 5.34. The SMILES string of the molecule is C/C=C1\CNCCN(C(=O)OC(C)(C)C)C1. The maximum atomic E-state index is 11.9. The van der Waals surface area contributed by atoms with Crippen molar-refractivity contribution in [2.75, 3.05) is 26.2 Å². The van der Waals surface area contributed by atoms with Crippen molar-refractivity contribution in [1.82, 2.24) is 10.2 Å². The van der Waals surface area contributed by atoms with Crippen LogP contribution >= 0.6 is 0 Å². The van der Waals surface area contributed by atoms with Crippen LogP contribution in [-0.4, -0.2) is 42.8 Å². The van der Waals surface area contributed by atoms with Gasteiger partial charge in [0.1, 0.15) is 5.60 Å². The fourth-order valence-electron chi connectivity index (χ4n) is 1.52. The Labute approximate surface area is 97.6 Å². The molecule has 1 saturated heterocycles. The Morgan fingerprint density at radius 2 is 2.19 bits per heavy atom. The number of hydrogen-bond acceptors (Lipinski definition) is 3. The predicted octanol–water partition coefficient (Wildman–Crippen LogP) is 1.77. The van der Waals surface area contributed by atoms with Crippen molar-refractivity contribution < 1.29 is 9.53 Å². The van der Waals surface area contributed by atoms with Crippen LogP contribution in [0.4, 0.5) is 4.79 Å².